The van der Waals surface area contributed by atoms with Crippen molar-refractivity contribution in [2.24, 2.45) is 0 Å². The monoisotopic (exact) mass is 361 g/mol. The first-order valence-corrected chi connectivity index (χ1v) is 8.63. The summed E-state index contributed by atoms with van der Waals surface area (Å²) >= 11 is 0. The maximum atomic E-state index is 12.4. The van der Waals surface area contributed by atoms with E-state index in [0.717, 1.165) is 30.9 Å². The van der Waals surface area contributed by atoms with Crippen LogP contribution in [0.1, 0.15) is 6.42 Å². The molecule has 1 aromatic rings. The van der Waals surface area contributed by atoms with Crippen molar-refractivity contribution in [3.63, 3.8) is 0 Å². The zero-order valence-corrected chi connectivity index (χ0v) is 15.1. The maximum Gasteiger partial charge on any atom is 0.325 e. The Balaban J connectivity index is 1.68. The van der Waals surface area contributed by atoms with Crippen molar-refractivity contribution < 1.29 is 19.1 Å². The smallest absolute Gasteiger partial charge is 0.325 e. The molecule has 0 bridgehead atoms. The van der Waals surface area contributed by atoms with E-state index in [0.29, 0.717) is 5.75 Å². The molecule has 3 aliphatic heterocycles. The van der Waals surface area contributed by atoms with E-state index < -0.39 is 6.04 Å². The summed E-state index contributed by atoms with van der Waals surface area (Å²) in [7, 11) is 4.94. The third-order valence-electron chi connectivity index (χ3n) is 5.33. The average Bonchev–Trinajstić information content (AvgIpc) is 3.06. The fraction of sp³-hybridized carbons (Fsp3) is 0.529. The third kappa shape index (κ3) is 2.46. The number of anilines is 1. The van der Waals surface area contributed by atoms with E-state index in [1.807, 2.05) is 18.2 Å². The lowest BCUT2D eigenvalue weighted by molar-refractivity contribution is -0.128. The molecule has 3 aliphatic rings. The SMILES string of the molecule is COc1ccc(N2CCCN3C4C(=O)NC(=O)N(C)C4NC23)c(OC)c1. The predicted octanol–water partition coefficient (Wildman–Crippen LogP) is -0.0210. The Kier molecular flexibility index (Phi) is 4.12. The van der Waals surface area contributed by atoms with E-state index in [-0.39, 0.29) is 24.4 Å². The molecule has 0 aliphatic carbocycles. The van der Waals surface area contributed by atoms with Crippen molar-refractivity contribution in [2.45, 2.75) is 24.9 Å². The number of hydrogen-bond acceptors (Lipinski definition) is 7. The van der Waals surface area contributed by atoms with E-state index in [9.17, 15) is 9.59 Å². The highest BCUT2D eigenvalue weighted by Crippen LogP contribution is 2.37. The second-order valence-corrected chi connectivity index (χ2v) is 6.66. The minimum Gasteiger partial charge on any atom is -0.497 e. The first-order chi connectivity index (χ1) is 12.5. The van der Waals surface area contributed by atoms with Crippen LogP contribution in [0.4, 0.5) is 10.5 Å². The summed E-state index contributed by atoms with van der Waals surface area (Å²) in [6, 6.07) is 4.91. The van der Waals surface area contributed by atoms with Gasteiger partial charge in [0.1, 0.15) is 30.0 Å². The predicted molar refractivity (Wildman–Crippen MR) is 94.0 cm³/mol. The molecule has 3 saturated heterocycles. The standard InChI is InChI=1S/C17H23N5O4/c1-20-14-13(15(23)19-17(20)24)22-8-4-7-21(16(22)18-14)11-6-5-10(25-2)9-12(11)26-3/h5-6,9,13-14,16,18H,4,7-8H2,1-3H3,(H,19,23,24). The molecule has 3 atom stereocenters. The summed E-state index contributed by atoms with van der Waals surface area (Å²) < 4.78 is 10.8. The van der Waals surface area contributed by atoms with Crippen LogP contribution in [0, 0.1) is 0 Å². The number of carbonyl (C=O) groups excluding carboxylic acids is 2. The summed E-state index contributed by atoms with van der Waals surface area (Å²) in [4.78, 5) is 30.2. The van der Waals surface area contributed by atoms with Gasteiger partial charge in [-0.05, 0) is 18.6 Å². The molecule has 2 N–H and O–H groups in total. The van der Waals surface area contributed by atoms with Crippen molar-refractivity contribution in [1.82, 2.24) is 20.4 Å². The largest absolute Gasteiger partial charge is 0.497 e. The Morgan fingerprint density at radius 1 is 1.15 bits per heavy atom. The van der Waals surface area contributed by atoms with Gasteiger partial charge in [0.25, 0.3) is 0 Å². The summed E-state index contributed by atoms with van der Waals surface area (Å²) in [5, 5.41) is 5.88. The highest BCUT2D eigenvalue weighted by molar-refractivity contribution is 6.00. The first-order valence-electron chi connectivity index (χ1n) is 8.63. The molecular weight excluding hydrogens is 338 g/mol. The van der Waals surface area contributed by atoms with Gasteiger partial charge in [-0.3, -0.25) is 20.3 Å². The van der Waals surface area contributed by atoms with E-state index in [2.05, 4.69) is 20.4 Å². The Labute approximate surface area is 151 Å². The highest BCUT2D eigenvalue weighted by Gasteiger charge is 2.53. The number of fused-ring (bicyclic) bond motifs is 3. The van der Waals surface area contributed by atoms with Crippen molar-refractivity contribution in [3.8, 4) is 11.5 Å². The number of urea groups is 1. The number of methoxy groups -OCH3 is 2. The molecular formula is C17H23N5O4. The van der Waals surface area contributed by atoms with Crippen molar-refractivity contribution in [2.75, 3.05) is 39.3 Å². The lowest BCUT2D eigenvalue weighted by atomic mass is 10.1. The fourth-order valence-electron chi connectivity index (χ4n) is 4.04. The van der Waals surface area contributed by atoms with Crippen LogP contribution in [-0.4, -0.2) is 74.6 Å². The maximum absolute atomic E-state index is 12.4. The van der Waals surface area contributed by atoms with Gasteiger partial charge >= 0.3 is 6.03 Å². The molecule has 9 nitrogen and oxygen atoms in total. The Morgan fingerprint density at radius 2 is 1.96 bits per heavy atom. The van der Waals surface area contributed by atoms with Crippen LogP contribution in [-0.2, 0) is 4.79 Å². The number of rotatable bonds is 3. The molecule has 4 rings (SSSR count). The minimum atomic E-state index is -0.408. The van der Waals surface area contributed by atoms with E-state index in [4.69, 9.17) is 9.47 Å². The fourth-order valence-corrected chi connectivity index (χ4v) is 4.04. The van der Waals surface area contributed by atoms with Gasteiger partial charge in [0.15, 0.2) is 0 Å². The van der Waals surface area contributed by atoms with Gasteiger partial charge in [-0.15, -0.1) is 0 Å². The summed E-state index contributed by atoms with van der Waals surface area (Å²) in [5.74, 6) is 1.17. The molecule has 0 radical (unpaired) electrons. The Morgan fingerprint density at radius 3 is 2.69 bits per heavy atom. The number of nitrogens with zero attached hydrogens (tertiary/aromatic N) is 3. The zero-order valence-electron chi connectivity index (χ0n) is 15.1. The number of amides is 3. The Hall–Kier alpha value is -2.52. The molecule has 26 heavy (non-hydrogen) atoms. The van der Waals surface area contributed by atoms with Crippen molar-refractivity contribution in [3.05, 3.63) is 18.2 Å². The summed E-state index contributed by atoms with van der Waals surface area (Å²) in [6.45, 7) is 1.60. The van der Waals surface area contributed by atoms with Crippen LogP contribution in [0.25, 0.3) is 0 Å². The molecule has 9 heteroatoms. The molecule has 0 spiro atoms. The quantitative estimate of drug-likeness (QED) is 0.782. The van der Waals surface area contributed by atoms with Crippen molar-refractivity contribution >= 4 is 17.6 Å². The minimum absolute atomic E-state index is 0.194. The second kappa shape index (κ2) is 6.33. The Bertz CT molecular complexity index is 742. The number of imide groups is 1. The van der Waals surface area contributed by atoms with Crippen molar-refractivity contribution in [1.29, 1.82) is 0 Å². The number of carbonyl (C=O) groups is 2. The highest BCUT2D eigenvalue weighted by atomic mass is 16.5. The van der Waals surface area contributed by atoms with Gasteiger partial charge in [-0.1, -0.05) is 0 Å². The lowest BCUT2D eigenvalue weighted by Crippen LogP contribution is -2.65. The molecule has 140 valence electrons. The first kappa shape index (κ1) is 16.9. The van der Waals surface area contributed by atoms with Gasteiger partial charge in [-0.25, -0.2) is 4.79 Å². The number of ether oxygens (including phenoxy) is 2. The summed E-state index contributed by atoms with van der Waals surface area (Å²) in [5.41, 5.74) is 0.920. The van der Waals surface area contributed by atoms with Crippen LogP contribution in [0.5, 0.6) is 11.5 Å². The van der Waals surface area contributed by atoms with E-state index >= 15 is 0 Å². The number of benzene rings is 1. The molecule has 3 fully saturated rings. The molecule has 3 heterocycles. The number of likely N-dealkylation sites (N-methyl/N-ethyl adjacent to an activating group) is 1. The molecule has 3 amide bonds. The topological polar surface area (TPSA) is 86.4 Å². The third-order valence-corrected chi connectivity index (χ3v) is 5.33. The average molecular weight is 361 g/mol. The number of hydrogen-bond donors (Lipinski definition) is 2. The molecule has 3 unspecified atom stereocenters. The molecule has 0 saturated carbocycles. The van der Waals surface area contributed by atoms with E-state index in [1.165, 1.54) is 0 Å². The van der Waals surface area contributed by atoms with Crippen LogP contribution < -0.4 is 25.0 Å². The van der Waals surface area contributed by atoms with Gasteiger partial charge in [0, 0.05) is 26.2 Å². The summed E-state index contributed by atoms with van der Waals surface area (Å²) in [6.07, 6.45) is 0.355. The second-order valence-electron chi connectivity index (χ2n) is 6.66. The molecule has 1 aromatic carbocycles. The van der Waals surface area contributed by atoms with Gasteiger partial charge < -0.3 is 19.3 Å². The van der Waals surface area contributed by atoms with Crippen LogP contribution >= 0.6 is 0 Å². The van der Waals surface area contributed by atoms with Crippen LogP contribution in [0.2, 0.25) is 0 Å². The van der Waals surface area contributed by atoms with Gasteiger partial charge in [0.2, 0.25) is 5.91 Å². The lowest BCUT2D eigenvalue weighted by Gasteiger charge is -2.42. The number of nitrogens with one attached hydrogen (secondary N) is 2. The van der Waals surface area contributed by atoms with E-state index in [1.54, 1.807) is 26.2 Å². The van der Waals surface area contributed by atoms with Gasteiger partial charge in [-0.2, -0.15) is 0 Å². The van der Waals surface area contributed by atoms with Crippen LogP contribution in [0.3, 0.4) is 0 Å². The normalized spacial score (nSPS) is 28.5. The zero-order chi connectivity index (χ0) is 18.4. The van der Waals surface area contributed by atoms with Gasteiger partial charge in [0.05, 0.1) is 19.9 Å². The molecule has 0 aromatic heterocycles. The van der Waals surface area contributed by atoms with Crippen LogP contribution in [0.15, 0.2) is 18.2 Å².